The van der Waals surface area contributed by atoms with E-state index in [1.165, 1.54) is 0 Å². The van der Waals surface area contributed by atoms with E-state index in [2.05, 4.69) is 17.1 Å². The largest absolute Gasteiger partial charge is 0.373 e. The summed E-state index contributed by atoms with van der Waals surface area (Å²) in [6, 6.07) is 7.78. The molecule has 0 aliphatic carbocycles. The number of nitrogens with zero attached hydrogens (tertiary/aromatic N) is 1. The lowest BCUT2D eigenvalue weighted by molar-refractivity contribution is -0.105. The minimum absolute atomic E-state index is 0.385. The van der Waals surface area contributed by atoms with E-state index in [4.69, 9.17) is 4.74 Å². The number of anilines is 1. The first-order chi connectivity index (χ1) is 9.31. The van der Waals surface area contributed by atoms with Gasteiger partial charge in [-0.25, -0.2) is 0 Å². The fourth-order valence-corrected chi connectivity index (χ4v) is 2.37. The highest BCUT2D eigenvalue weighted by molar-refractivity contribution is 5.70. The van der Waals surface area contributed by atoms with Crippen LogP contribution in [0.4, 0.5) is 5.69 Å². The number of likely N-dealkylation sites (tertiary alicyclic amines) is 1. The van der Waals surface area contributed by atoms with E-state index in [0.29, 0.717) is 19.1 Å². The van der Waals surface area contributed by atoms with Gasteiger partial charge in [-0.2, -0.15) is 0 Å². The average molecular weight is 262 g/mol. The van der Waals surface area contributed by atoms with Crippen molar-refractivity contribution in [2.75, 3.05) is 25.0 Å². The number of nitrogens with one attached hydrogen (secondary N) is 1. The molecule has 104 valence electrons. The van der Waals surface area contributed by atoms with Gasteiger partial charge >= 0.3 is 0 Å². The summed E-state index contributed by atoms with van der Waals surface area (Å²) in [6.45, 7) is 6.28. The topological polar surface area (TPSA) is 41.6 Å². The van der Waals surface area contributed by atoms with Crippen molar-refractivity contribution in [3.8, 4) is 0 Å². The minimum Gasteiger partial charge on any atom is -0.373 e. The highest BCUT2D eigenvalue weighted by Crippen LogP contribution is 2.16. The van der Waals surface area contributed by atoms with Gasteiger partial charge in [0.1, 0.15) is 0 Å². The SMILES string of the molecule is CCN1CCC(OCc2ccc(NC=O)cc2)CC1. The Morgan fingerprint density at radius 2 is 2.00 bits per heavy atom. The molecule has 1 aliphatic heterocycles. The minimum atomic E-state index is 0.385. The summed E-state index contributed by atoms with van der Waals surface area (Å²) in [7, 11) is 0. The predicted molar refractivity (Wildman–Crippen MR) is 76.1 cm³/mol. The van der Waals surface area contributed by atoms with E-state index in [9.17, 15) is 4.79 Å². The average Bonchev–Trinajstić information content (AvgIpc) is 2.47. The Bertz CT molecular complexity index is 384. The van der Waals surface area contributed by atoms with Crippen LogP contribution >= 0.6 is 0 Å². The van der Waals surface area contributed by atoms with Gasteiger partial charge in [0.05, 0.1) is 12.7 Å². The third kappa shape index (κ3) is 4.33. The van der Waals surface area contributed by atoms with E-state index in [0.717, 1.165) is 43.7 Å². The van der Waals surface area contributed by atoms with Crippen LogP contribution in [0.3, 0.4) is 0 Å². The highest BCUT2D eigenvalue weighted by Gasteiger charge is 2.18. The fraction of sp³-hybridized carbons (Fsp3) is 0.533. The van der Waals surface area contributed by atoms with Gasteiger partial charge in [0, 0.05) is 18.8 Å². The third-order valence-electron chi connectivity index (χ3n) is 3.65. The number of benzene rings is 1. The van der Waals surface area contributed by atoms with E-state index in [1.807, 2.05) is 24.3 Å². The molecule has 1 heterocycles. The van der Waals surface area contributed by atoms with Crippen molar-refractivity contribution in [1.29, 1.82) is 0 Å². The van der Waals surface area contributed by atoms with E-state index in [1.54, 1.807) is 0 Å². The maximum Gasteiger partial charge on any atom is 0.211 e. The van der Waals surface area contributed by atoms with Crippen LogP contribution in [0.5, 0.6) is 0 Å². The van der Waals surface area contributed by atoms with Crippen LogP contribution < -0.4 is 5.32 Å². The molecule has 1 saturated heterocycles. The molecule has 0 bridgehead atoms. The van der Waals surface area contributed by atoms with Crippen LogP contribution in [-0.4, -0.2) is 37.0 Å². The van der Waals surface area contributed by atoms with Crippen LogP contribution in [0.2, 0.25) is 0 Å². The maximum atomic E-state index is 10.3. The number of rotatable bonds is 6. The second kappa shape index (κ2) is 7.26. The normalized spacial score (nSPS) is 17.3. The first-order valence-electron chi connectivity index (χ1n) is 6.95. The number of hydrogen-bond acceptors (Lipinski definition) is 3. The molecule has 2 rings (SSSR count). The Kier molecular flexibility index (Phi) is 5.36. The molecule has 1 aromatic carbocycles. The van der Waals surface area contributed by atoms with Gasteiger partial charge in [0.15, 0.2) is 0 Å². The highest BCUT2D eigenvalue weighted by atomic mass is 16.5. The van der Waals surface area contributed by atoms with Crippen LogP contribution in [-0.2, 0) is 16.1 Å². The maximum absolute atomic E-state index is 10.3. The standard InChI is InChI=1S/C15H22N2O2/c1-2-17-9-7-15(8-10-17)19-11-13-3-5-14(6-4-13)16-12-18/h3-6,12,15H,2,7-11H2,1H3,(H,16,18). The van der Waals surface area contributed by atoms with E-state index in [-0.39, 0.29) is 0 Å². The number of amides is 1. The van der Waals surface area contributed by atoms with Gasteiger partial charge in [0.2, 0.25) is 6.41 Å². The summed E-state index contributed by atoms with van der Waals surface area (Å²) in [4.78, 5) is 12.8. The molecule has 4 heteroatoms. The molecule has 19 heavy (non-hydrogen) atoms. The van der Waals surface area contributed by atoms with Gasteiger partial charge < -0.3 is 15.0 Å². The van der Waals surface area contributed by atoms with Crippen LogP contribution in [0.25, 0.3) is 0 Å². The molecular weight excluding hydrogens is 240 g/mol. The van der Waals surface area contributed by atoms with Crippen molar-refractivity contribution in [3.63, 3.8) is 0 Å². The Morgan fingerprint density at radius 3 is 2.58 bits per heavy atom. The number of carbonyl (C=O) groups is 1. The third-order valence-corrected chi connectivity index (χ3v) is 3.65. The quantitative estimate of drug-likeness (QED) is 0.800. The lowest BCUT2D eigenvalue weighted by Gasteiger charge is -2.30. The zero-order valence-electron chi connectivity index (χ0n) is 11.5. The summed E-state index contributed by atoms with van der Waals surface area (Å²) < 4.78 is 5.95. The molecule has 1 N–H and O–H groups in total. The molecular formula is C15H22N2O2. The van der Waals surface area contributed by atoms with Crippen molar-refractivity contribution < 1.29 is 9.53 Å². The molecule has 1 fully saturated rings. The first kappa shape index (κ1) is 14.0. The van der Waals surface area contributed by atoms with Gasteiger partial charge in [-0.15, -0.1) is 0 Å². The van der Waals surface area contributed by atoms with E-state index >= 15 is 0 Å². The molecule has 0 saturated carbocycles. The molecule has 0 spiro atoms. The number of hydrogen-bond donors (Lipinski definition) is 1. The monoisotopic (exact) mass is 262 g/mol. The molecule has 0 aromatic heterocycles. The van der Waals surface area contributed by atoms with Gasteiger partial charge in [-0.05, 0) is 37.1 Å². The summed E-state index contributed by atoms with van der Waals surface area (Å²) in [5.74, 6) is 0. The Balaban J connectivity index is 1.74. The molecule has 0 radical (unpaired) electrons. The molecule has 4 nitrogen and oxygen atoms in total. The smallest absolute Gasteiger partial charge is 0.211 e. The van der Waals surface area contributed by atoms with E-state index < -0.39 is 0 Å². The summed E-state index contributed by atoms with van der Waals surface area (Å²) in [5, 5.41) is 2.62. The summed E-state index contributed by atoms with van der Waals surface area (Å²) >= 11 is 0. The van der Waals surface area contributed by atoms with Gasteiger partial charge in [-0.1, -0.05) is 19.1 Å². The van der Waals surface area contributed by atoms with Crippen molar-refractivity contribution in [3.05, 3.63) is 29.8 Å². The molecule has 1 aliphatic rings. The lowest BCUT2D eigenvalue weighted by atomic mass is 10.1. The molecule has 1 amide bonds. The van der Waals surface area contributed by atoms with Crippen molar-refractivity contribution in [2.24, 2.45) is 0 Å². The second-order valence-corrected chi connectivity index (χ2v) is 4.90. The molecule has 0 atom stereocenters. The van der Waals surface area contributed by atoms with Crippen LogP contribution in [0.1, 0.15) is 25.3 Å². The Labute approximate surface area is 114 Å². The summed E-state index contributed by atoms with van der Waals surface area (Å²) in [5.41, 5.74) is 1.96. The zero-order chi connectivity index (χ0) is 13.5. The van der Waals surface area contributed by atoms with Gasteiger partial charge in [-0.3, -0.25) is 4.79 Å². The first-order valence-corrected chi connectivity index (χ1v) is 6.95. The zero-order valence-corrected chi connectivity index (χ0v) is 11.5. The molecule has 1 aromatic rings. The number of ether oxygens (including phenoxy) is 1. The number of carbonyl (C=O) groups excluding carboxylic acids is 1. The van der Waals surface area contributed by atoms with Crippen molar-refractivity contribution in [1.82, 2.24) is 4.90 Å². The second-order valence-electron chi connectivity index (χ2n) is 4.90. The van der Waals surface area contributed by atoms with Crippen LogP contribution in [0.15, 0.2) is 24.3 Å². The predicted octanol–water partition coefficient (Wildman–Crippen LogP) is 2.26. The Morgan fingerprint density at radius 1 is 1.32 bits per heavy atom. The lowest BCUT2D eigenvalue weighted by Crippen LogP contribution is -2.36. The van der Waals surface area contributed by atoms with Gasteiger partial charge in [0.25, 0.3) is 0 Å². The van der Waals surface area contributed by atoms with Crippen molar-refractivity contribution in [2.45, 2.75) is 32.5 Å². The fourth-order valence-electron chi connectivity index (χ4n) is 2.37. The van der Waals surface area contributed by atoms with Crippen molar-refractivity contribution >= 4 is 12.1 Å². The number of piperidine rings is 1. The summed E-state index contributed by atoms with van der Waals surface area (Å²) in [6.07, 6.45) is 3.32. The van der Waals surface area contributed by atoms with Crippen LogP contribution in [0, 0.1) is 0 Å². The molecule has 0 unspecified atom stereocenters. The Hall–Kier alpha value is -1.39.